The van der Waals surface area contributed by atoms with E-state index in [4.69, 9.17) is 11.2 Å². The second kappa shape index (κ2) is 8.34. The van der Waals surface area contributed by atoms with Crippen molar-refractivity contribution in [1.29, 1.82) is 0 Å². The van der Waals surface area contributed by atoms with Crippen LogP contribution in [0.5, 0.6) is 0 Å². The van der Waals surface area contributed by atoms with Gasteiger partial charge in [-0.3, -0.25) is 4.79 Å². The number of esters is 1. The van der Waals surface area contributed by atoms with Crippen LogP contribution in [-0.2, 0) is 9.53 Å². The lowest BCUT2D eigenvalue weighted by atomic mass is 9.98. The fraction of sp³-hybridized carbons (Fsp3) is 0.438. The summed E-state index contributed by atoms with van der Waals surface area (Å²) in [5.41, 5.74) is 0.939. The molecule has 0 spiro atoms. The van der Waals surface area contributed by atoms with Gasteiger partial charge < -0.3 is 10.1 Å². The number of ether oxygens (including phenoxy) is 1. The molecule has 3 nitrogen and oxygen atoms in total. The molecular weight excluding hydrogens is 238 g/mol. The van der Waals surface area contributed by atoms with E-state index in [-0.39, 0.29) is 17.9 Å². The van der Waals surface area contributed by atoms with Crippen molar-refractivity contribution < 1.29 is 9.53 Å². The van der Waals surface area contributed by atoms with Gasteiger partial charge in [0.2, 0.25) is 0 Å². The largest absolute Gasteiger partial charge is 0.469 e. The van der Waals surface area contributed by atoms with Gasteiger partial charge in [-0.25, -0.2) is 0 Å². The molecule has 0 radical (unpaired) electrons. The summed E-state index contributed by atoms with van der Waals surface area (Å²) in [6, 6.07) is 9.60. The lowest BCUT2D eigenvalue weighted by molar-refractivity contribution is -0.142. The van der Waals surface area contributed by atoms with Crippen molar-refractivity contribution in [2.24, 2.45) is 0 Å². The Balaban J connectivity index is 2.72. The Kier molecular flexibility index (Phi) is 6.70. The van der Waals surface area contributed by atoms with Gasteiger partial charge in [-0.2, -0.15) is 0 Å². The monoisotopic (exact) mass is 259 g/mol. The van der Waals surface area contributed by atoms with Crippen molar-refractivity contribution in [3.05, 3.63) is 35.9 Å². The highest BCUT2D eigenvalue weighted by Crippen LogP contribution is 2.16. The molecule has 102 valence electrons. The van der Waals surface area contributed by atoms with Gasteiger partial charge in [0.15, 0.2) is 0 Å². The Labute approximate surface area is 115 Å². The summed E-state index contributed by atoms with van der Waals surface area (Å²) in [5.74, 6) is 2.14. The standard InChI is InChI=1S/C16H21NO2/c1-4-9-14(5-2)17-12-15(16(18)19-3)13-10-7-6-8-11-13/h2,6-8,10-11,14-15,17H,4,9,12H2,1,3H3. The van der Waals surface area contributed by atoms with Crippen LogP contribution in [0.25, 0.3) is 0 Å². The Bertz CT molecular complexity index is 422. The van der Waals surface area contributed by atoms with Crippen LogP contribution in [0.3, 0.4) is 0 Å². The molecule has 0 aliphatic carbocycles. The second-order valence-electron chi connectivity index (χ2n) is 4.40. The number of carbonyl (C=O) groups is 1. The van der Waals surface area contributed by atoms with E-state index < -0.39 is 0 Å². The number of hydrogen-bond acceptors (Lipinski definition) is 3. The van der Waals surface area contributed by atoms with Gasteiger partial charge in [-0.1, -0.05) is 49.6 Å². The van der Waals surface area contributed by atoms with E-state index in [1.165, 1.54) is 7.11 Å². The molecule has 2 unspecified atom stereocenters. The Morgan fingerprint density at radius 1 is 1.42 bits per heavy atom. The van der Waals surface area contributed by atoms with Crippen LogP contribution in [0.4, 0.5) is 0 Å². The molecule has 0 amide bonds. The van der Waals surface area contributed by atoms with Gasteiger partial charge in [0.05, 0.1) is 19.1 Å². The molecule has 0 fully saturated rings. The minimum absolute atomic E-state index is 0.000804. The first-order chi connectivity index (χ1) is 9.22. The van der Waals surface area contributed by atoms with Crippen LogP contribution < -0.4 is 5.32 Å². The van der Waals surface area contributed by atoms with Gasteiger partial charge in [0.25, 0.3) is 0 Å². The summed E-state index contributed by atoms with van der Waals surface area (Å²) in [7, 11) is 1.41. The molecule has 0 saturated carbocycles. The zero-order valence-electron chi connectivity index (χ0n) is 11.6. The summed E-state index contributed by atoms with van der Waals surface area (Å²) in [5, 5.41) is 3.25. The maximum absolute atomic E-state index is 11.9. The molecule has 0 saturated heterocycles. The molecule has 3 heteroatoms. The number of hydrogen-bond donors (Lipinski definition) is 1. The first-order valence-corrected chi connectivity index (χ1v) is 6.55. The van der Waals surface area contributed by atoms with Crippen molar-refractivity contribution in [1.82, 2.24) is 5.32 Å². The Morgan fingerprint density at radius 3 is 2.63 bits per heavy atom. The lowest BCUT2D eigenvalue weighted by Gasteiger charge is -2.18. The van der Waals surface area contributed by atoms with E-state index in [1.54, 1.807) is 0 Å². The number of benzene rings is 1. The van der Waals surface area contributed by atoms with Crippen molar-refractivity contribution in [3.63, 3.8) is 0 Å². The number of methoxy groups -OCH3 is 1. The van der Waals surface area contributed by atoms with Crippen LogP contribution in [0, 0.1) is 12.3 Å². The fourth-order valence-electron chi connectivity index (χ4n) is 1.96. The van der Waals surface area contributed by atoms with Crippen LogP contribution in [0.15, 0.2) is 30.3 Å². The summed E-state index contributed by atoms with van der Waals surface area (Å²) >= 11 is 0. The molecule has 0 aromatic heterocycles. The summed E-state index contributed by atoms with van der Waals surface area (Å²) in [6.45, 7) is 2.58. The van der Waals surface area contributed by atoms with Gasteiger partial charge in [0.1, 0.15) is 0 Å². The van der Waals surface area contributed by atoms with Crippen LogP contribution in [0.1, 0.15) is 31.2 Å². The maximum atomic E-state index is 11.9. The first kappa shape index (κ1) is 15.3. The molecule has 1 aromatic rings. The molecule has 0 bridgehead atoms. The number of nitrogens with one attached hydrogen (secondary N) is 1. The molecule has 0 aliphatic heterocycles. The summed E-state index contributed by atoms with van der Waals surface area (Å²) in [6.07, 6.45) is 7.38. The predicted molar refractivity (Wildman–Crippen MR) is 76.7 cm³/mol. The third-order valence-corrected chi connectivity index (χ3v) is 3.03. The van der Waals surface area contributed by atoms with E-state index in [1.807, 2.05) is 30.3 Å². The van der Waals surface area contributed by atoms with E-state index in [9.17, 15) is 4.79 Å². The maximum Gasteiger partial charge on any atom is 0.314 e. The van der Waals surface area contributed by atoms with Crippen LogP contribution in [-0.4, -0.2) is 25.7 Å². The highest BCUT2D eigenvalue weighted by atomic mass is 16.5. The van der Waals surface area contributed by atoms with Crippen LogP contribution >= 0.6 is 0 Å². The van der Waals surface area contributed by atoms with Gasteiger partial charge in [0, 0.05) is 6.54 Å². The molecule has 2 atom stereocenters. The first-order valence-electron chi connectivity index (χ1n) is 6.55. The average Bonchev–Trinajstić information content (AvgIpc) is 2.47. The molecule has 19 heavy (non-hydrogen) atoms. The van der Waals surface area contributed by atoms with Crippen molar-refractivity contribution in [3.8, 4) is 12.3 Å². The predicted octanol–water partition coefficient (Wildman–Crippen LogP) is 2.33. The van der Waals surface area contributed by atoms with Crippen molar-refractivity contribution in [2.45, 2.75) is 31.7 Å². The lowest BCUT2D eigenvalue weighted by Crippen LogP contribution is -2.34. The zero-order valence-corrected chi connectivity index (χ0v) is 11.6. The summed E-state index contributed by atoms with van der Waals surface area (Å²) < 4.78 is 4.86. The minimum atomic E-state index is -0.320. The van der Waals surface area contributed by atoms with Crippen molar-refractivity contribution >= 4 is 5.97 Å². The number of terminal acetylenes is 1. The van der Waals surface area contributed by atoms with E-state index in [2.05, 4.69) is 18.2 Å². The molecular formula is C16H21NO2. The normalized spacial score (nSPS) is 13.3. The smallest absolute Gasteiger partial charge is 0.314 e. The van der Waals surface area contributed by atoms with Crippen LogP contribution in [0.2, 0.25) is 0 Å². The molecule has 1 rings (SSSR count). The van der Waals surface area contributed by atoms with Gasteiger partial charge >= 0.3 is 5.97 Å². The highest BCUT2D eigenvalue weighted by molar-refractivity contribution is 5.78. The zero-order chi connectivity index (χ0) is 14.1. The number of carbonyl (C=O) groups excluding carboxylic acids is 1. The Morgan fingerprint density at radius 2 is 2.11 bits per heavy atom. The van der Waals surface area contributed by atoms with E-state index >= 15 is 0 Å². The molecule has 1 aromatic carbocycles. The average molecular weight is 259 g/mol. The van der Waals surface area contributed by atoms with Gasteiger partial charge in [-0.15, -0.1) is 6.42 Å². The Hall–Kier alpha value is -1.79. The van der Waals surface area contributed by atoms with Crippen molar-refractivity contribution in [2.75, 3.05) is 13.7 Å². The minimum Gasteiger partial charge on any atom is -0.469 e. The fourth-order valence-corrected chi connectivity index (χ4v) is 1.96. The molecule has 1 N–H and O–H groups in total. The van der Waals surface area contributed by atoms with Gasteiger partial charge in [-0.05, 0) is 12.0 Å². The topological polar surface area (TPSA) is 38.3 Å². The van der Waals surface area contributed by atoms with E-state index in [0.717, 1.165) is 18.4 Å². The second-order valence-corrected chi connectivity index (χ2v) is 4.40. The highest BCUT2D eigenvalue weighted by Gasteiger charge is 2.21. The third kappa shape index (κ3) is 4.76. The quantitative estimate of drug-likeness (QED) is 0.603. The molecule has 0 heterocycles. The summed E-state index contributed by atoms with van der Waals surface area (Å²) in [4.78, 5) is 11.9. The molecule has 0 aliphatic rings. The third-order valence-electron chi connectivity index (χ3n) is 3.03. The SMILES string of the molecule is C#CC(CCC)NCC(C(=O)OC)c1ccccc1. The number of rotatable bonds is 7. The van der Waals surface area contributed by atoms with E-state index in [0.29, 0.717) is 6.54 Å².